The fourth-order valence-electron chi connectivity index (χ4n) is 3.91. The van der Waals surface area contributed by atoms with Crippen LogP contribution < -0.4 is 14.9 Å². The van der Waals surface area contributed by atoms with Crippen LogP contribution in [-0.2, 0) is 14.8 Å². The van der Waals surface area contributed by atoms with Gasteiger partial charge in [0, 0.05) is 24.5 Å². The molecule has 2 N–H and O–H groups in total. The Labute approximate surface area is 209 Å². The van der Waals surface area contributed by atoms with E-state index in [1.165, 1.54) is 6.07 Å². The van der Waals surface area contributed by atoms with Crippen molar-refractivity contribution in [3.63, 3.8) is 0 Å². The molecule has 182 valence electrons. The number of carbonyl (C=O) groups excluding carboxylic acids is 1. The monoisotopic (exact) mass is 509 g/mol. The van der Waals surface area contributed by atoms with Crippen LogP contribution >= 0.6 is 11.7 Å². The summed E-state index contributed by atoms with van der Waals surface area (Å²) in [7, 11) is -4.09. The van der Waals surface area contributed by atoms with Gasteiger partial charge in [-0.1, -0.05) is 36.4 Å². The topological polar surface area (TPSA) is 104 Å². The zero-order valence-corrected chi connectivity index (χ0v) is 21.4. The quantitative estimate of drug-likeness (QED) is 0.344. The van der Waals surface area contributed by atoms with Crippen molar-refractivity contribution in [1.82, 2.24) is 13.5 Å². The van der Waals surface area contributed by atoms with E-state index in [0.29, 0.717) is 16.8 Å². The second-order valence-electron chi connectivity index (χ2n) is 8.01. The Hall–Kier alpha value is -3.34. The molecule has 0 spiro atoms. The van der Waals surface area contributed by atoms with Crippen LogP contribution in [0.5, 0.6) is 0 Å². The number of anilines is 2. The van der Waals surface area contributed by atoms with Crippen molar-refractivity contribution in [2.24, 2.45) is 0 Å². The van der Waals surface area contributed by atoms with Crippen LogP contribution in [0.1, 0.15) is 31.0 Å². The van der Waals surface area contributed by atoms with E-state index < -0.39 is 22.0 Å². The Morgan fingerprint density at radius 1 is 1.00 bits per heavy atom. The summed E-state index contributed by atoms with van der Waals surface area (Å²) in [4.78, 5) is 15.6. The van der Waals surface area contributed by atoms with Crippen molar-refractivity contribution in [2.75, 3.05) is 23.3 Å². The molecule has 3 aromatic carbocycles. The highest BCUT2D eigenvalue weighted by Gasteiger charge is 2.29. The summed E-state index contributed by atoms with van der Waals surface area (Å²) in [5, 5.41) is 2.91. The van der Waals surface area contributed by atoms with Gasteiger partial charge in [-0.15, -0.1) is 0 Å². The fraction of sp³-hybridized carbons (Fsp3) is 0.240. The number of rotatable bonds is 9. The molecule has 10 heteroatoms. The van der Waals surface area contributed by atoms with E-state index in [-0.39, 0.29) is 10.4 Å². The minimum Gasteiger partial charge on any atom is -0.372 e. The molecule has 8 nitrogen and oxygen atoms in total. The van der Waals surface area contributed by atoms with Crippen LogP contribution in [0.2, 0.25) is 0 Å². The normalized spacial score (nSPS) is 12.4. The maximum absolute atomic E-state index is 13.4. The molecule has 0 fully saturated rings. The lowest BCUT2D eigenvalue weighted by Crippen LogP contribution is -2.37. The molecular weight excluding hydrogens is 482 g/mol. The maximum atomic E-state index is 13.4. The molecule has 0 bridgehead atoms. The first-order valence-electron chi connectivity index (χ1n) is 11.3. The number of hydrogen-bond acceptors (Lipinski definition) is 7. The third kappa shape index (κ3) is 5.34. The van der Waals surface area contributed by atoms with Crippen molar-refractivity contribution in [3.8, 4) is 0 Å². The van der Waals surface area contributed by atoms with Crippen LogP contribution in [0, 0.1) is 6.92 Å². The molecule has 4 aromatic rings. The van der Waals surface area contributed by atoms with E-state index in [1.54, 1.807) is 36.4 Å². The van der Waals surface area contributed by atoms with Crippen LogP contribution in [-0.4, -0.2) is 36.2 Å². The molecule has 1 atom stereocenters. The van der Waals surface area contributed by atoms with E-state index in [1.807, 2.05) is 31.2 Å². The van der Waals surface area contributed by atoms with Gasteiger partial charge in [-0.05, 0) is 62.2 Å². The molecular formula is C25H27N5O3S2. The number of nitrogens with zero attached hydrogens (tertiary/aromatic N) is 3. The predicted octanol–water partition coefficient (Wildman–Crippen LogP) is 4.50. The second-order valence-corrected chi connectivity index (χ2v) is 10.2. The summed E-state index contributed by atoms with van der Waals surface area (Å²) in [6, 6.07) is 18.2. The summed E-state index contributed by atoms with van der Waals surface area (Å²) < 4.78 is 37.6. The molecule has 0 radical (unpaired) electrons. The van der Waals surface area contributed by atoms with E-state index >= 15 is 0 Å². The molecule has 0 aliphatic rings. The van der Waals surface area contributed by atoms with Crippen molar-refractivity contribution in [2.45, 2.75) is 31.7 Å². The Balaban J connectivity index is 1.65. The van der Waals surface area contributed by atoms with Crippen LogP contribution in [0.15, 0.2) is 71.6 Å². The van der Waals surface area contributed by atoms with Gasteiger partial charge in [-0.25, -0.2) is 8.42 Å². The Morgan fingerprint density at radius 2 is 1.74 bits per heavy atom. The zero-order chi connectivity index (χ0) is 25.0. The molecule has 0 saturated carbocycles. The highest BCUT2D eigenvalue weighted by atomic mass is 32.2. The SMILES string of the molecule is CCN(CC)c1ccc(NC(=O)[C@H](NS(=O)(=O)c2cccc3nsnc23)c2ccccc2)c(C)c1. The Bertz CT molecular complexity index is 1430. The van der Waals surface area contributed by atoms with Gasteiger partial charge in [-0.3, -0.25) is 4.79 Å². The lowest BCUT2D eigenvalue weighted by molar-refractivity contribution is -0.117. The summed E-state index contributed by atoms with van der Waals surface area (Å²) in [6.45, 7) is 7.85. The van der Waals surface area contributed by atoms with E-state index in [0.717, 1.165) is 36.1 Å². The number of hydrogen-bond donors (Lipinski definition) is 2. The number of sulfonamides is 1. The van der Waals surface area contributed by atoms with Gasteiger partial charge in [-0.2, -0.15) is 13.5 Å². The number of benzene rings is 3. The van der Waals surface area contributed by atoms with Crippen LogP contribution in [0.25, 0.3) is 11.0 Å². The van der Waals surface area contributed by atoms with Crippen molar-refractivity contribution >= 4 is 50.1 Å². The molecule has 1 amide bonds. The number of aromatic nitrogens is 2. The van der Waals surface area contributed by atoms with Gasteiger partial charge in [0.25, 0.3) is 0 Å². The summed E-state index contributed by atoms with van der Waals surface area (Å²) in [5.41, 5.74) is 3.86. The Kier molecular flexibility index (Phi) is 7.44. The summed E-state index contributed by atoms with van der Waals surface area (Å²) in [5.74, 6) is -0.484. The summed E-state index contributed by atoms with van der Waals surface area (Å²) in [6.07, 6.45) is 0. The highest BCUT2D eigenvalue weighted by molar-refractivity contribution is 7.89. The largest absolute Gasteiger partial charge is 0.372 e. The second kappa shape index (κ2) is 10.5. The smallest absolute Gasteiger partial charge is 0.247 e. The lowest BCUT2D eigenvalue weighted by atomic mass is 10.1. The van der Waals surface area contributed by atoms with Gasteiger partial charge in [0.05, 0.1) is 11.7 Å². The molecule has 0 aliphatic heterocycles. The van der Waals surface area contributed by atoms with E-state index in [9.17, 15) is 13.2 Å². The van der Waals surface area contributed by atoms with Crippen molar-refractivity contribution in [1.29, 1.82) is 0 Å². The third-order valence-corrected chi connectivity index (χ3v) is 7.80. The molecule has 0 aliphatic carbocycles. The van der Waals surface area contributed by atoms with Gasteiger partial charge in [0.15, 0.2) is 0 Å². The minimum atomic E-state index is -4.09. The van der Waals surface area contributed by atoms with Gasteiger partial charge >= 0.3 is 0 Å². The average molecular weight is 510 g/mol. The number of amides is 1. The maximum Gasteiger partial charge on any atom is 0.247 e. The predicted molar refractivity (Wildman–Crippen MR) is 140 cm³/mol. The lowest BCUT2D eigenvalue weighted by Gasteiger charge is -2.23. The van der Waals surface area contributed by atoms with Crippen molar-refractivity contribution in [3.05, 3.63) is 77.9 Å². The fourth-order valence-corrected chi connectivity index (χ4v) is 5.86. The molecule has 35 heavy (non-hydrogen) atoms. The average Bonchev–Trinajstić information content (AvgIpc) is 3.34. The van der Waals surface area contributed by atoms with Crippen LogP contribution in [0.4, 0.5) is 11.4 Å². The Morgan fingerprint density at radius 3 is 2.43 bits per heavy atom. The molecule has 0 unspecified atom stereocenters. The number of carbonyl (C=O) groups is 1. The standard InChI is InChI=1S/C25H27N5O3S2/c1-4-30(5-2)19-14-15-20(17(3)16-19)26-25(31)23(18-10-7-6-8-11-18)29-35(32,33)22-13-9-12-21-24(22)28-34-27-21/h6-16,23,29H,4-5H2,1-3H3,(H,26,31)/t23-/m1/s1. The van der Waals surface area contributed by atoms with Crippen LogP contribution in [0.3, 0.4) is 0 Å². The third-order valence-electron chi connectivity index (χ3n) is 5.80. The first-order valence-corrected chi connectivity index (χ1v) is 13.5. The molecule has 0 saturated heterocycles. The molecule has 1 aromatic heterocycles. The molecule has 4 rings (SSSR count). The van der Waals surface area contributed by atoms with E-state index in [2.05, 4.69) is 37.5 Å². The number of aryl methyl sites for hydroxylation is 1. The molecule has 1 heterocycles. The number of nitrogens with one attached hydrogen (secondary N) is 2. The first kappa shape index (κ1) is 24.8. The number of fused-ring (bicyclic) bond motifs is 1. The van der Waals surface area contributed by atoms with Gasteiger partial charge in [0.1, 0.15) is 22.0 Å². The van der Waals surface area contributed by atoms with Gasteiger partial charge in [0.2, 0.25) is 15.9 Å². The zero-order valence-electron chi connectivity index (χ0n) is 19.7. The van der Waals surface area contributed by atoms with Gasteiger partial charge < -0.3 is 10.2 Å². The minimum absolute atomic E-state index is 0.0164. The first-order chi connectivity index (χ1) is 16.8. The van der Waals surface area contributed by atoms with E-state index in [4.69, 9.17) is 0 Å². The van der Waals surface area contributed by atoms with Crippen molar-refractivity contribution < 1.29 is 13.2 Å². The highest BCUT2D eigenvalue weighted by Crippen LogP contribution is 2.26. The summed E-state index contributed by atoms with van der Waals surface area (Å²) >= 11 is 0.939.